The van der Waals surface area contributed by atoms with Gasteiger partial charge >= 0.3 is 5.97 Å². The molecule has 1 unspecified atom stereocenters. The van der Waals surface area contributed by atoms with Gasteiger partial charge in [-0.3, -0.25) is 0 Å². The van der Waals surface area contributed by atoms with Crippen molar-refractivity contribution in [2.45, 2.75) is 78.2 Å². The van der Waals surface area contributed by atoms with Gasteiger partial charge in [0.25, 0.3) is 0 Å². The Hall–Kier alpha value is -0.760. The summed E-state index contributed by atoms with van der Waals surface area (Å²) in [7, 11) is 0. The molecule has 0 fully saturated rings. The van der Waals surface area contributed by atoms with Crippen LogP contribution in [-0.2, 0) is 9.53 Å². The minimum atomic E-state index is -0.274. The number of allylic oxidation sites excluding steroid dienone is 3. The molecular weight excluding hydrogens is 284 g/mol. The van der Waals surface area contributed by atoms with Crippen molar-refractivity contribution < 1.29 is 9.53 Å². The molecular formula is C18H31ClO2. The summed E-state index contributed by atoms with van der Waals surface area (Å²) in [5.74, 6) is 0.361. The second kappa shape index (κ2) is 10.0. The van der Waals surface area contributed by atoms with E-state index in [0.29, 0.717) is 5.92 Å². The van der Waals surface area contributed by atoms with Gasteiger partial charge in [-0.15, -0.1) is 11.6 Å². The second-order valence-electron chi connectivity index (χ2n) is 6.73. The van der Waals surface area contributed by atoms with Crippen LogP contribution >= 0.6 is 11.6 Å². The van der Waals surface area contributed by atoms with Crippen molar-refractivity contribution in [1.29, 1.82) is 0 Å². The van der Waals surface area contributed by atoms with Crippen LogP contribution < -0.4 is 0 Å². The number of rotatable bonds is 9. The van der Waals surface area contributed by atoms with Crippen LogP contribution in [0.3, 0.4) is 0 Å². The normalized spacial score (nSPS) is 14.8. The Kier molecular flexibility index (Phi) is 9.68. The molecule has 21 heavy (non-hydrogen) atoms. The number of ether oxygens (including phenoxy) is 1. The Morgan fingerprint density at radius 2 is 1.90 bits per heavy atom. The highest BCUT2D eigenvalue weighted by Crippen LogP contribution is 2.23. The first-order valence-corrected chi connectivity index (χ1v) is 8.22. The lowest BCUT2D eigenvalue weighted by Crippen LogP contribution is -2.10. The van der Waals surface area contributed by atoms with E-state index < -0.39 is 0 Å². The molecule has 0 saturated carbocycles. The minimum absolute atomic E-state index is 0.0725. The molecule has 0 aromatic rings. The molecule has 0 rings (SSSR count). The fourth-order valence-electron chi connectivity index (χ4n) is 1.98. The summed E-state index contributed by atoms with van der Waals surface area (Å²) >= 11 is 6.18. The molecule has 0 aromatic carbocycles. The van der Waals surface area contributed by atoms with Gasteiger partial charge in [0.15, 0.2) is 0 Å². The van der Waals surface area contributed by atoms with Crippen LogP contribution in [0.1, 0.15) is 67.2 Å². The zero-order valence-electron chi connectivity index (χ0n) is 14.4. The number of carbonyl (C=O) groups excluding carboxylic acids is 1. The largest absolute Gasteiger partial charge is 0.460 e. The summed E-state index contributed by atoms with van der Waals surface area (Å²) in [6.45, 7) is 12.0. The lowest BCUT2D eigenvalue weighted by atomic mass is 9.96. The van der Waals surface area contributed by atoms with E-state index >= 15 is 0 Å². The van der Waals surface area contributed by atoms with Gasteiger partial charge < -0.3 is 4.74 Å². The molecule has 0 radical (unpaired) electrons. The fourth-order valence-corrected chi connectivity index (χ4v) is 2.11. The van der Waals surface area contributed by atoms with E-state index in [-0.39, 0.29) is 16.9 Å². The van der Waals surface area contributed by atoms with E-state index in [1.807, 2.05) is 26.8 Å². The Balaban J connectivity index is 4.03. The number of esters is 1. The van der Waals surface area contributed by atoms with Crippen molar-refractivity contribution in [3.63, 3.8) is 0 Å². The van der Waals surface area contributed by atoms with Crippen molar-refractivity contribution in [2.24, 2.45) is 5.92 Å². The number of hydrogen-bond donors (Lipinski definition) is 0. The van der Waals surface area contributed by atoms with Gasteiger partial charge in [0, 0.05) is 11.0 Å². The van der Waals surface area contributed by atoms with Gasteiger partial charge in [-0.25, -0.2) is 4.79 Å². The highest BCUT2D eigenvalue weighted by atomic mass is 35.5. The molecule has 0 aliphatic heterocycles. The molecule has 0 amide bonds. The SMILES string of the molecule is CC(/C=C/CC(C)CCCC(C)(C)Cl)=C\C(=O)OC(C)C. The maximum Gasteiger partial charge on any atom is 0.331 e. The maximum absolute atomic E-state index is 11.5. The lowest BCUT2D eigenvalue weighted by molar-refractivity contribution is -0.141. The fraction of sp³-hybridized carbons (Fsp3) is 0.722. The first-order chi connectivity index (χ1) is 9.60. The third-order valence-electron chi connectivity index (χ3n) is 3.08. The summed E-state index contributed by atoms with van der Waals surface area (Å²) in [5.41, 5.74) is 0.926. The molecule has 0 saturated heterocycles. The highest BCUT2D eigenvalue weighted by molar-refractivity contribution is 6.23. The Labute approximate surface area is 135 Å². The summed E-state index contributed by atoms with van der Waals surface area (Å²) in [4.78, 5) is 11.4. The average molecular weight is 315 g/mol. The van der Waals surface area contributed by atoms with E-state index in [1.54, 1.807) is 0 Å². The quantitative estimate of drug-likeness (QED) is 0.238. The third kappa shape index (κ3) is 14.0. The van der Waals surface area contributed by atoms with Crippen molar-refractivity contribution in [1.82, 2.24) is 0 Å². The summed E-state index contributed by atoms with van der Waals surface area (Å²) in [6, 6.07) is 0. The van der Waals surface area contributed by atoms with Gasteiger partial charge in [-0.1, -0.05) is 31.9 Å². The van der Waals surface area contributed by atoms with Crippen molar-refractivity contribution in [2.75, 3.05) is 0 Å². The van der Waals surface area contributed by atoms with E-state index in [2.05, 4.69) is 26.8 Å². The van der Waals surface area contributed by atoms with Gasteiger partial charge in [0.2, 0.25) is 0 Å². The molecule has 0 aromatic heterocycles. The van der Waals surface area contributed by atoms with Gasteiger partial charge in [-0.2, -0.15) is 0 Å². The Morgan fingerprint density at radius 1 is 1.29 bits per heavy atom. The van der Waals surface area contributed by atoms with Crippen LogP contribution in [0.15, 0.2) is 23.8 Å². The molecule has 0 aliphatic rings. The molecule has 0 heterocycles. The first kappa shape index (κ1) is 20.2. The Bertz CT molecular complexity index is 362. The molecule has 122 valence electrons. The van der Waals surface area contributed by atoms with Crippen LogP contribution in [0.2, 0.25) is 0 Å². The lowest BCUT2D eigenvalue weighted by Gasteiger charge is -2.16. The van der Waals surface area contributed by atoms with E-state index in [0.717, 1.165) is 24.8 Å². The van der Waals surface area contributed by atoms with Crippen molar-refractivity contribution in [3.05, 3.63) is 23.8 Å². The molecule has 0 aliphatic carbocycles. The molecule has 2 nitrogen and oxygen atoms in total. The van der Waals surface area contributed by atoms with Crippen LogP contribution in [0.5, 0.6) is 0 Å². The molecule has 1 atom stereocenters. The molecule has 3 heteroatoms. The number of hydrogen-bond acceptors (Lipinski definition) is 2. The highest BCUT2D eigenvalue weighted by Gasteiger charge is 2.12. The zero-order chi connectivity index (χ0) is 16.5. The topological polar surface area (TPSA) is 26.3 Å². The summed E-state index contributed by atoms with van der Waals surface area (Å²) < 4.78 is 5.07. The van der Waals surface area contributed by atoms with Crippen LogP contribution in [0.25, 0.3) is 0 Å². The predicted octanol–water partition coefficient (Wildman–Crippen LogP) is 5.65. The second-order valence-corrected chi connectivity index (χ2v) is 7.75. The predicted molar refractivity (Wildman–Crippen MR) is 91.7 cm³/mol. The monoisotopic (exact) mass is 314 g/mol. The number of carbonyl (C=O) groups is 1. The van der Waals surface area contributed by atoms with Crippen LogP contribution in [0.4, 0.5) is 0 Å². The zero-order valence-corrected chi connectivity index (χ0v) is 15.2. The third-order valence-corrected chi connectivity index (χ3v) is 3.27. The average Bonchev–Trinajstić information content (AvgIpc) is 2.25. The standard InChI is InChI=1S/C18H31ClO2/c1-14(2)21-17(20)13-16(4)10-7-9-15(3)11-8-12-18(5,6)19/h7,10,13-15H,8-9,11-12H2,1-6H3/b10-7+,16-13+. The van der Waals surface area contributed by atoms with Crippen LogP contribution in [-0.4, -0.2) is 16.9 Å². The molecule has 0 N–H and O–H groups in total. The summed E-state index contributed by atoms with van der Waals surface area (Å²) in [6.07, 6.45) is 9.98. The molecule has 0 spiro atoms. The van der Waals surface area contributed by atoms with Crippen LogP contribution in [0, 0.1) is 5.92 Å². The van der Waals surface area contributed by atoms with Gasteiger partial charge in [0.1, 0.15) is 0 Å². The van der Waals surface area contributed by atoms with Crippen molar-refractivity contribution in [3.8, 4) is 0 Å². The Morgan fingerprint density at radius 3 is 2.43 bits per heavy atom. The van der Waals surface area contributed by atoms with Crippen molar-refractivity contribution >= 4 is 17.6 Å². The maximum atomic E-state index is 11.5. The van der Waals surface area contributed by atoms with E-state index in [9.17, 15) is 4.79 Å². The molecule has 0 bridgehead atoms. The smallest absolute Gasteiger partial charge is 0.331 e. The van der Waals surface area contributed by atoms with E-state index in [4.69, 9.17) is 16.3 Å². The summed E-state index contributed by atoms with van der Waals surface area (Å²) in [5, 5.41) is 0. The van der Waals surface area contributed by atoms with E-state index in [1.165, 1.54) is 12.5 Å². The van der Waals surface area contributed by atoms with Gasteiger partial charge in [-0.05, 0) is 59.0 Å². The minimum Gasteiger partial charge on any atom is -0.460 e. The number of alkyl halides is 1. The number of halogens is 1. The first-order valence-electron chi connectivity index (χ1n) is 7.84. The van der Waals surface area contributed by atoms with Gasteiger partial charge in [0.05, 0.1) is 6.10 Å².